The predicted octanol–water partition coefficient (Wildman–Crippen LogP) is 9.17. The topological polar surface area (TPSA) is 186 Å². The van der Waals surface area contributed by atoms with Gasteiger partial charge in [0.05, 0.1) is 6.61 Å². The highest BCUT2D eigenvalue weighted by molar-refractivity contribution is 7.85. The van der Waals surface area contributed by atoms with Crippen LogP contribution in [0.4, 0.5) is 0 Å². The molecule has 1 aliphatic rings. The van der Waals surface area contributed by atoms with Crippen LogP contribution in [-0.4, -0.2) is 96.0 Å². The molecule has 0 spiro atoms. The lowest BCUT2D eigenvalue weighted by Gasteiger charge is -2.40. The third-order valence-electron chi connectivity index (χ3n) is 10.1. The Labute approximate surface area is 356 Å². The van der Waals surface area contributed by atoms with Crippen molar-refractivity contribution in [2.75, 3.05) is 19.0 Å². The number of allylic oxidation sites excluding steroid dienone is 8. The second kappa shape index (κ2) is 36.3. The number of hydrogen-bond acceptors (Lipinski definition) is 11. The highest BCUT2D eigenvalue weighted by Crippen LogP contribution is 2.24. The zero-order chi connectivity index (χ0) is 43.4. The number of hydrogen-bond donors (Lipinski definition) is 4. The van der Waals surface area contributed by atoms with Gasteiger partial charge in [0.25, 0.3) is 10.1 Å². The fraction of sp³-hybridized carbons (Fsp3) is 0.783. The summed E-state index contributed by atoms with van der Waals surface area (Å²) in [5, 5.41) is 30.9. The van der Waals surface area contributed by atoms with Gasteiger partial charge in [-0.1, -0.05) is 133 Å². The summed E-state index contributed by atoms with van der Waals surface area (Å²) in [6.45, 7) is 3.69. The lowest BCUT2D eigenvalue weighted by molar-refractivity contribution is -0.297. The average molecular weight is 857 g/mol. The van der Waals surface area contributed by atoms with E-state index in [2.05, 4.69) is 62.5 Å². The van der Waals surface area contributed by atoms with E-state index in [-0.39, 0.29) is 19.4 Å². The van der Waals surface area contributed by atoms with Crippen LogP contribution in [0.2, 0.25) is 0 Å². The molecule has 0 aromatic heterocycles. The molecule has 0 radical (unpaired) electrons. The number of aliphatic hydroxyl groups excluding tert-OH is 3. The van der Waals surface area contributed by atoms with Crippen LogP contribution in [-0.2, 0) is 38.7 Å². The maximum absolute atomic E-state index is 12.8. The minimum absolute atomic E-state index is 0.148. The van der Waals surface area contributed by atoms with Crippen molar-refractivity contribution in [2.45, 2.75) is 211 Å². The molecule has 342 valence electrons. The van der Waals surface area contributed by atoms with Gasteiger partial charge in [-0.25, -0.2) is 0 Å². The minimum Gasteiger partial charge on any atom is -0.462 e. The molecule has 1 aliphatic heterocycles. The molecular weight excluding hydrogens is 777 g/mol. The Hall–Kier alpha value is -2.39. The van der Waals surface area contributed by atoms with Crippen LogP contribution in [0.5, 0.6) is 0 Å². The van der Waals surface area contributed by atoms with Crippen LogP contribution in [0.15, 0.2) is 48.6 Å². The van der Waals surface area contributed by atoms with E-state index in [9.17, 15) is 37.9 Å². The molecule has 0 amide bonds. The van der Waals surface area contributed by atoms with Crippen LogP contribution in [0, 0.1) is 0 Å². The molecule has 0 aliphatic carbocycles. The molecule has 1 fully saturated rings. The first-order chi connectivity index (χ1) is 28.5. The van der Waals surface area contributed by atoms with Crippen molar-refractivity contribution in [3.63, 3.8) is 0 Å². The summed E-state index contributed by atoms with van der Waals surface area (Å²) in [4.78, 5) is 25.4. The summed E-state index contributed by atoms with van der Waals surface area (Å²) in [5.41, 5.74) is 0. The van der Waals surface area contributed by atoms with Crippen molar-refractivity contribution in [2.24, 2.45) is 0 Å². The van der Waals surface area contributed by atoms with Gasteiger partial charge in [-0.3, -0.25) is 14.1 Å². The van der Waals surface area contributed by atoms with E-state index in [1.807, 2.05) is 0 Å². The van der Waals surface area contributed by atoms with E-state index >= 15 is 0 Å². The highest BCUT2D eigenvalue weighted by atomic mass is 32.2. The van der Waals surface area contributed by atoms with Crippen molar-refractivity contribution < 1.29 is 56.8 Å². The summed E-state index contributed by atoms with van der Waals surface area (Å²) in [6.07, 6.45) is 32.9. The Balaban J connectivity index is 2.47. The van der Waals surface area contributed by atoms with Gasteiger partial charge in [0.1, 0.15) is 36.8 Å². The third-order valence-corrected chi connectivity index (χ3v) is 10.9. The smallest absolute Gasteiger partial charge is 0.306 e. The fourth-order valence-electron chi connectivity index (χ4n) is 6.56. The largest absolute Gasteiger partial charge is 0.462 e. The molecule has 0 bridgehead atoms. The van der Waals surface area contributed by atoms with E-state index < -0.39 is 71.2 Å². The third kappa shape index (κ3) is 31.2. The summed E-state index contributed by atoms with van der Waals surface area (Å²) in [6, 6.07) is 0. The Kier molecular flexibility index (Phi) is 33.6. The number of esters is 2. The summed E-state index contributed by atoms with van der Waals surface area (Å²) < 4.78 is 54.0. The molecule has 0 aromatic carbocycles. The first kappa shape index (κ1) is 54.6. The minimum atomic E-state index is -4.61. The SMILES string of the molecule is CCCCC/C=C/C/C=C/C/C=C/CCCCCCC(=O)OC[C@H](CO[C@H]1O[C@H](CS(=O)(=O)O)[C@@H](O)C(O)C1O)OC(=O)CCCCCCC/C=C/CCCCCCC. The molecule has 6 atom stereocenters. The van der Waals surface area contributed by atoms with Gasteiger partial charge in [0.2, 0.25) is 0 Å². The monoisotopic (exact) mass is 857 g/mol. The van der Waals surface area contributed by atoms with Crippen molar-refractivity contribution in [3.8, 4) is 0 Å². The van der Waals surface area contributed by atoms with Crippen molar-refractivity contribution >= 4 is 22.1 Å². The van der Waals surface area contributed by atoms with Crippen molar-refractivity contribution in [1.29, 1.82) is 0 Å². The Bertz CT molecular complexity index is 1280. The number of rotatable bonds is 37. The van der Waals surface area contributed by atoms with E-state index in [0.29, 0.717) is 12.8 Å². The standard InChI is InChI=1S/C46H80O12S/c1-3-5-7-9-11-13-15-17-19-20-21-23-24-26-28-30-32-34-41(47)55-36-39(37-56-46-45(51)44(50)43(49)40(58-46)38-59(52,53)54)57-42(48)35-33-31-29-27-25-22-18-16-14-12-10-8-6-4-2/h11,13,16-19,21,23,39-40,43-46,49-51H,3-10,12,14-15,20,22,24-38H2,1-2H3,(H,52,53,54)/b13-11+,18-16+,19-17+,23-21+/t39-,40-,43-,44?,45?,46+/m1/s1. The highest BCUT2D eigenvalue weighted by Gasteiger charge is 2.46. The second-order valence-electron chi connectivity index (χ2n) is 15.7. The second-order valence-corrected chi connectivity index (χ2v) is 17.2. The van der Waals surface area contributed by atoms with Gasteiger partial charge in [-0.2, -0.15) is 8.42 Å². The number of unbranched alkanes of at least 4 members (excludes halogenated alkanes) is 17. The number of aliphatic hydroxyl groups is 3. The Morgan fingerprint density at radius 1 is 0.576 bits per heavy atom. The van der Waals surface area contributed by atoms with Crippen LogP contribution < -0.4 is 0 Å². The van der Waals surface area contributed by atoms with Gasteiger partial charge in [-0.15, -0.1) is 0 Å². The molecule has 59 heavy (non-hydrogen) atoms. The average Bonchev–Trinajstić information content (AvgIpc) is 3.20. The van der Waals surface area contributed by atoms with Gasteiger partial charge in [0.15, 0.2) is 12.4 Å². The molecule has 4 N–H and O–H groups in total. The van der Waals surface area contributed by atoms with Crippen LogP contribution in [0.25, 0.3) is 0 Å². The van der Waals surface area contributed by atoms with E-state index in [0.717, 1.165) is 83.5 Å². The maximum atomic E-state index is 12.8. The van der Waals surface area contributed by atoms with Crippen LogP contribution in [0.1, 0.15) is 174 Å². The molecule has 2 unspecified atom stereocenters. The van der Waals surface area contributed by atoms with E-state index in [1.54, 1.807) is 0 Å². The first-order valence-electron chi connectivity index (χ1n) is 22.7. The zero-order valence-electron chi connectivity index (χ0n) is 36.3. The molecule has 1 saturated heterocycles. The fourth-order valence-corrected chi connectivity index (χ4v) is 7.25. The maximum Gasteiger partial charge on any atom is 0.306 e. The lowest BCUT2D eigenvalue weighted by atomic mass is 10.00. The summed E-state index contributed by atoms with van der Waals surface area (Å²) >= 11 is 0. The number of carbonyl (C=O) groups excluding carboxylic acids is 2. The van der Waals surface area contributed by atoms with Gasteiger partial charge < -0.3 is 34.3 Å². The predicted molar refractivity (Wildman–Crippen MR) is 233 cm³/mol. The molecule has 1 heterocycles. The van der Waals surface area contributed by atoms with Gasteiger partial charge >= 0.3 is 11.9 Å². The number of carbonyl (C=O) groups is 2. The van der Waals surface area contributed by atoms with Gasteiger partial charge in [-0.05, 0) is 77.0 Å². The van der Waals surface area contributed by atoms with Gasteiger partial charge in [0, 0.05) is 12.8 Å². The Morgan fingerprint density at radius 2 is 1.02 bits per heavy atom. The zero-order valence-corrected chi connectivity index (χ0v) is 37.2. The first-order valence-corrected chi connectivity index (χ1v) is 24.3. The quantitative estimate of drug-likeness (QED) is 0.0201. The molecule has 0 saturated carbocycles. The molecule has 1 rings (SSSR count). The lowest BCUT2D eigenvalue weighted by Crippen LogP contribution is -2.60. The van der Waals surface area contributed by atoms with Crippen LogP contribution in [0.3, 0.4) is 0 Å². The summed E-state index contributed by atoms with van der Waals surface area (Å²) in [5.74, 6) is -2.02. The van der Waals surface area contributed by atoms with Crippen LogP contribution >= 0.6 is 0 Å². The molecule has 13 heteroatoms. The van der Waals surface area contributed by atoms with E-state index in [4.69, 9.17) is 18.9 Å². The molecule has 0 aromatic rings. The Morgan fingerprint density at radius 3 is 1.56 bits per heavy atom. The molecule has 12 nitrogen and oxygen atoms in total. The molecular formula is C46H80O12S. The number of ether oxygens (including phenoxy) is 4. The van der Waals surface area contributed by atoms with Crippen molar-refractivity contribution in [3.05, 3.63) is 48.6 Å². The summed E-state index contributed by atoms with van der Waals surface area (Å²) in [7, 11) is -4.61. The normalized spacial score (nSPS) is 20.7. The van der Waals surface area contributed by atoms with E-state index in [1.165, 1.54) is 51.4 Å². The van der Waals surface area contributed by atoms with Crippen molar-refractivity contribution in [1.82, 2.24) is 0 Å².